The summed E-state index contributed by atoms with van der Waals surface area (Å²) in [4.78, 5) is 5.38. The first kappa shape index (κ1) is 4.39. The lowest BCUT2D eigenvalue weighted by Crippen LogP contribution is -1.81. The van der Waals surface area contributed by atoms with Crippen LogP contribution in [0.3, 0.4) is 0 Å². The fraction of sp³-hybridized carbons (Fsp3) is 0. The molecule has 0 saturated carbocycles. The Morgan fingerprint density at radius 1 is 1.50 bits per heavy atom. The smallest absolute Gasteiger partial charge is 0.132 e. The second-order valence-corrected chi connectivity index (χ2v) is 2.51. The Hall–Kier alpha value is -0.500. The summed E-state index contributed by atoms with van der Waals surface area (Å²) in [6.45, 7) is 0. The molecule has 39 valence electrons. The zero-order valence-corrected chi connectivity index (χ0v) is 4.98. The van der Waals surface area contributed by atoms with E-state index in [4.69, 9.17) is 0 Å². The van der Waals surface area contributed by atoms with Crippen LogP contribution >= 0.6 is 11.8 Å². The maximum absolute atomic E-state index is 4.10. The van der Waals surface area contributed by atoms with Crippen molar-refractivity contribution in [1.29, 1.82) is 0 Å². The Labute approximate surface area is 52.2 Å². The normalized spacial score (nSPS) is 23.0. The van der Waals surface area contributed by atoms with E-state index in [0.29, 0.717) is 0 Å². The summed E-state index contributed by atoms with van der Waals surface area (Å²) in [5, 5.41) is 0. The van der Waals surface area contributed by atoms with Crippen LogP contribution in [0.15, 0.2) is 28.1 Å². The molecule has 0 atom stereocenters. The number of rotatable bonds is 0. The van der Waals surface area contributed by atoms with Crippen LogP contribution in [0.4, 0.5) is 0 Å². The molecule has 0 aromatic rings. The number of aliphatic imine (C=N–C) groups is 1. The van der Waals surface area contributed by atoms with Crippen LogP contribution in [-0.2, 0) is 0 Å². The third-order valence-electron chi connectivity index (χ3n) is 1.13. The number of thioether (sulfide) groups is 1. The Bertz CT molecular complexity index is 201. The van der Waals surface area contributed by atoms with E-state index < -0.39 is 0 Å². The molecule has 1 radical (unpaired) electrons. The van der Waals surface area contributed by atoms with Crippen molar-refractivity contribution in [3.63, 3.8) is 0 Å². The Kier molecular flexibility index (Phi) is 0.815. The van der Waals surface area contributed by atoms with Crippen molar-refractivity contribution in [2.45, 2.75) is 0 Å². The molecule has 0 aromatic heterocycles. The average molecular weight is 122 g/mol. The fourth-order valence-corrected chi connectivity index (χ4v) is 1.42. The van der Waals surface area contributed by atoms with Crippen molar-refractivity contribution in [2.75, 3.05) is 0 Å². The summed E-state index contributed by atoms with van der Waals surface area (Å²) in [6.07, 6.45) is 6.12. The van der Waals surface area contributed by atoms with Gasteiger partial charge in [0.15, 0.2) is 0 Å². The second-order valence-electron chi connectivity index (χ2n) is 1.63. The highest BCUT2D eigenvalue weighted by Crippen LogP contribution is 2.31. The molecule has 2 aliphatic rings. The molecule has 8 heavy (non-hydrogen) atoms. The van der Waals surface area contributed by atoms with Gasteiger partial charge in [-0.3, -0.25) is 4.99 Å². The van der Waals surface area contributed by atoms with Gasteiger partial charge in [-0.1, -0.05) is 17.8 Å². The first-order valence-corrected chi connectivity index (χ1v) is 3.30. The minimum Gasteiger partial charge on any atom is -0.266 e. The standard InChI is InChI=1S/C6H4NS/c1-2-5-6(3-1)8-4-7-5/h1-4H. The van der Waals surface area contributed by atoms with E-state index in [0.717, 1.165) is 5.71 Å². The molecule has 1 nitrogen and oxygen atoms in total. The molecule has 0 aromatic carbocycles. The van der Waals surface area contributed by atoms with E-state index in [1.54, 1.807) is 11.8 Å². The van der Waals surface area contributed by atoms with Gasteiger partial charge in [0.25, 0.3) is 0 Å². The maximum Gasteiger partial charge on any atom is 0.132 e. The molecule has 0 unspecified atom stereocenters. The number of fused-ring (bicyclic) bond motifs is 1. The molecule has 0 N–H and O–H groups in total. The highest BCUT2D eigenvalue weighted by atomic mass is 32.2. The summed E-state index contributed by atoms with van der Waals surface area (Å²) in [5.74, 6) is 1.87. The van der Waals surface area contributed by atoms with Crippen molar-refractivity contribution in [2.24, 2.45) is 4.99 Å². The summed E-state index contributed by atoms with van der Waals surface area (Å²) < 4.78 is 0. The Balaban J connectivity index is 2.49. The average Bonchev–Trinajstić information content (AvgIpc) is 2.15. The van der Waals surface area contributed by atoms with E-state index in [-0.39, 0.29) is 0 Å². The highest BCUT2D eigenvalue weighted by Gasteiger charge is 2.13. The zero-order chi connectivity index (χ0) is 5.40. The van der Waals surface area contributed by atoms with E-state index >= 15 is 0 Å². The molecule has 1 aliphatic heterocycles. The number of allylic oxidation sites excluding steroid dienone is 4. The minimum atomic E-state index is 1.12. The van der Waals surface area contributed by atoms with E-state index in [2.05, 4.69) is 11.1 Å². The monoisotopic (exact) mass is 122 g/mol. The fourth-order valence-electron chi connectivity index (χ4n) is 0.740. The molecule has 0 amide bonds. The molecule has 2 heteroatoms. The molecule has 0 saturated heterocycles. The molecule has 0 fully saturated rings. The predicted molar refractivity (Wildman–Crippen MR) is 36.5 cm³/mol. The predicted octanol–water partition coefficient (Wildman–Crippen LogP) is 1.75. The van der Waals surface area contributed by atoms with Gasteiger partial charge in [-0.15, -0.1) is 0 Å². The van der Waals surface area contributed by atoms with Crippen LogP contribution in [0.5, 0.6) is 0 Å². The first-order chi connectivity index (χ1) is 3.97. The van der Waals surface area contributed by atoms with Gasteiger partial charge in [0, 0.05) is 4.91 Å². The van der Waals surface area contributed by atoms with Gasteiger partial charge in [-0.2, -0.15) is 0 Å². The summed E-state index contributed by atoms with van der Waals surface area (Å²) in [5.41, 5.74) is 1.12. The van der Waals surface area contributed by atoms with Crippen LogP contribution in [0, 0.1) is 5.88 Å². The third kappa shape index (κ3) is 0.464. The van der Waals surface area contributed by atoms with Crippen LogP contribution < -0.4 is 0 Å². The second kappa shape index (κ2) is 1.49. The third-order valence-corrected chi connectivity index (χ3v) is 1.94. The van der Waals surface area contributed by atoms with Crippen molar-refractivity contribution in [1.82, 2.24) is 0 Å². The molecule has 0 spiro atoms. The van der Waals surface area contributed by atoms with Crippen LogP contribution in [0.1, 0.15) is 0 Å². The lowest BCUT2D eigenvalue weighted by Gasteiger charge is -1.83. The van der Waals surface area contributed by atoms with Gasteiger partial charge >= 0.3 is 0 Å². The number of hydrogen-bond donors (Lipinski definition) is 0. The van der Waals surface area contributed by atoms with Crippen molar-refractivity contribution < 1.29 is 0 Å². The summed E-state index contributed by atoms with van der Waals surface area (Å²) >= 11 is 1.68. The van der Waals surface area contributed by atoms with Crippen molar-refractivity contribution in [3.8, 4) is 0 Å². The molecule has 1 aliphatic carbocycles. The molecule has 2 rings (SSSR count). The lowest BCUT2D eigenvalue weighted by molar-refractivity contribution is 1.57. The van der Waals surface area contributed by atoms with Crippen molar-refractivity contribution in [3.05, 3.63) is 29.0 Å². The SMILES string of the molecule is [CH]1N=C2C=CC=C2S1. The lowest BCUT2D eigenvalue weighted by atomic mass is 10.4. The van der Waals surface area contributed by atoms with Crippen LogP contribution in [-0.4, -0.2) is 5.71 Å². The van der Waals surface area contributed by atoms with Gasteiger partial charge < -0.3 is 0 Å². The van der Waals surface area contributed by atoms with Gasteiger partial charge in [0.1, 0.15) is 5.88 Å². The topological polar surface area (TPSA) is 12.4 Å². The van der Waals surface area contributed by atoms with Gasteiger partial charge in [0.2, 0.25) is 0 Å². The zero-order valence-electron chi connectivity index (χ0n) is 4.16. The largest absolute Gasteiger partial charge is 0.266 e. The number of nitrogens with zero attached hydrogens (tertiary/aromatic N) is 1. The van der Waals surface area contributed by atoms with Gasteiger partial charge in [0.05, 0.1) is 5.71 Å². The number of hydrogen-bond acceptors (Lipinski definition) is 2. The molecule has 1 heterocycles. The van der Waals surface area contributed by atoms with Crippen LogP contribution in [0.2, 0.25) is 0 Å². The van der Waals surface area contributed by atoms with E-state index in [1.807, 2.05) is 18.0 Å². The Morgan fingerprint density at radius 3 is 3.38 bits per heavy atom. The summed E-state index contributed by atoms with van der Waals surface area (Å²) in [6, 6.07) is 0. The van der Waals surface area contributed by atoms with Gasteiger partial charge in [-0.25, -0.2) is 0 Å². The first-order valence-electron chi connectivity index (χ1n) is 2.42. The highest BCUT2D eigenvalue weighted by molar-refractivity contribution is 8.06. The quantitative estimate of drug-likeness (QED) is 0.476. The van der Waals surface area contributed by atoms with Gasteiger partial charge in [-0.05, 0) is 12.2 Å². The van der Waals surface area contributed by atoms with E-state index in [1.165, 1.54) is 4.91 Å². The maximum atomic E-state index is 4.10. The Morgan fingerprint density at radius 2 is 2.50 bits per heavy atom. The van der Waals surface area contributed by atoms with Crippen molar-refractivity contribution >= 4 is 17.5 Å². The van der Waals surface area contributed by atoms with Crippen LogP contribution in [0.25, 0.3) is 0 Å². The summed E-state index contributed by atoms with van der Waals surface area (Å²) in [7, 11) is 0. The molecular formula is C6H4NS. The molecular weight excluding hydrogens is 118 g/mol. The minimum absolute atomic E-state index is 1.12. The van der Waals surface area contributed by atoms with E-state index in [9.17, 15) is 0 Å². The molecule has 0 bridgehead atoms.